The van der Waals surface area contributed by atoms with Gasteiger partial charge in [0.15, 0.2) is 10.9 Å². The first-order valence-electron chi connectivity index (χ1n) is 8.36. The number of rotatable bonds is 2. The molecular weight excluding hydrogens is 348 g/mol. The van der Waals surface area contributed by atoms with Gasteiger partial charge >= 0.3 is 0 Å². The van der Waals surface area contributed by atoms with Gasteiger partial charge in [-0.2, -0.15) is 0 Å². The summed E-state index contributed by atoms with van der Waals surface area (Å²) in [5.74, 6) is 0.223. The van der Waals surface area contributed by atoms with Crippen LogP contribution in [0.25, 0.3) is 10.2 Å². The van der Waals surface area contributed by atoms with E-state index in [0.717, 1.165) is 15.8 Å². The average molecular weight is 366 g/mol. The molecule has 5 nitrogen and oxygen atoms in total. The quantitative estimate of drug-likeness (QED) is 0.720. The van der Waals surface area contributed by atoms with E-state index in [-0.39, 0.29) is 11.7 Å². The van der Waals surface area contributed by atoms with Crippen molar-refractivity contribution in [1.29, 1.82) is 0 Å². The second-order valence-electron chi connectivity index (χ2n) is 7.12. The molecular formula is C20H18N2O3S. The van der Waals surface area contributed by atoms with Crippen LogP contribution in [0.4, 0.5) is 5.13 Å². The summed E-state index contributed by atoms with van der Waals surface area (Å²) in [5, 5.41) is 3.36. The predicted octanol–water partition coefficient (Wildman–Crippen LogP) is 4.60. The van der Waals surface area contributed by atoms with Gasteiger partial charge in [-0.05, 0) is 56.7 Å². The van der Waals surface area contributed by atoms with Crippen LogP contribution < -0.4 is 10.1 Å². The normalized spacial score (nSPS) is 15.4. The fourth-order valence-electron chi connectivity index (χ4n) is 3.05. The smallest absolute Gasteiger partial charge is 0.257 e. The number of benzene rings is 2. The molecule has 0 aliphatic carbocycles. The maximum absolute atomic E-state index is 12.6. The largest absolute Gasteiger partial charge is 0.487 e. The number of aryl methyl sites for hydroxylation is 1. The van der Waals surface area contributed by atoms with Crippen molar-refractivity contribution in [2.45, 2.75) is 32.8 Å². The number of ketones is 1. The van der Waals surface area contributed by atoms with Crippen LogP contribution in [-0.2, 0) is 0 Å². The van der Waals surface area contributed by atoms with Crippen molar-refractivity contribution in [3.63, 3.8) is 0 Å². The van der Waals surface area contributed by atoms with E-state index < -0.39 is 5.60 Å². The lowest BCUT2D eigenvalue weighted by atomic mass is 9.92. The van der Waals surface area contributed by atoms with Crippen molar-refractivity contribution in [2.75, 3.05) is 5.32 Å². The first kappa shape index (κ1) is 16.7. The Morgan fingerprint density at radius 3 is 2.85 bits per heavy atom. The number of hydrogen-bond acceptors (Lipinski definition) is 5. The summed E-state index contributed by atoms with van der Waals surface area (Å²) < 4.78 is 6.86. The summed E-state index contributed by atoms with van der Waals surface area (Å²) >= 11 is 1.43. The van der Waals surface area contributed by atoms with Gasteiger partial charge in [0.1, 0.15) is 11.4 Å². The number of aromatic nitrogens is 1. The number of nitrogens with zero attached hydrogens (tertiary/aromatic N) is 1. The zero-order valence-corrected chi connectivity index (χ0v) is 15.6. The highest BCUT2D eigenvalue weighted by Gasteiger charge is 2.32. The third-order valence-corrected chi connectivity index (χ3v) is 5.21. The molecule has 0 atom stereocenters. The molecule has 0 saturated heterocycles. The molecule has 2 aromatic carbocycles. The Bertz CT molecular complexity index is 1050. The van der Waals surface area contributed by atoms with E-state index >= 15 is 0 Å². The summed E-state index contributed by atoms with van der Waals surface area (Å²) in [6.45, 7) is 5.78. The van der Waals surface area contributed by atoms with Crippen LogP contribution in [0.5, 0.6) is 5.75 Å². The maximum Gasteiger partial charge on any atom is 0.257 e. The number of nitrogens with one attached hydrogen (secondary N) is 1. The van der Waals surface area contributed by atoms with Crippen molar-refractivity contribution < 1.29 is 14.3 Å². The van der Waals surface area contributed by atoms with Gasteiger partial charge in [-0.15, -0.1) is 0 Å². The summed E-state index contributed by atoms with van der Waals surface area (Å²) in [7, 11) is 0. The topological polar surface area (TPSA) is 68.3 Å². The van der Waals surface area contributed by atoms with Crippen LogP contribution in [0.15, 0.2) is 36.4 Å². The molecule has 3 aromatic rings. The van der Waals surface area contributed by atoms with Gasteiger partial charge in [-0.3, -0.25) is 14.9 Å². The zero-order chi connectivity index (χ0) is 18.5. The third-order valence-electron chi connectivity index (χ3n) is 4.28. The minimum absolute atomic E-state index is 0.0126. The van der Waals surface area contributed by atoms with Gasteiger partial charge in [0.05, 0.1) is 22.2 Å². The number of carbonyl (C=O) groups is 2. The molecule has 132 valence electrons. The van der Waals surface area contributed by atoms with Crippen molar-refractivity contribution in [1.82, 2.24) is 4.98 Å². The molecule has 0 saturated carbocycles. The number of anilines is 1. The minimum Gasteiger partial charge on any atom is -0.487 e. The lowest BCUT2D eigenvalue weighted by Crippen LogP contribution is -2.36. The molecule has 6 heteroatoms. The van der Waals surface area contributed by atoms with E-state index in [0.29, 0.717) is 28.4 Å². The average Bonchev–Trinajstić information content (AvgIpc) is 2.94. The number of thiazole rings is 1. The highest BCUT2D eigenvalue weighted by molar-refractivity contribution is 7.22. The molecule has 2 heterocycles. The second kappa shape index (κ2) is 5.92. The fraction of sp³-hybridized carbons (Fsp3) is 0.250. The molecule has 1 aliphatic heterocycles. The molecule has 1 aliphatic rings. The Balaban J connectivity index is 1.60. The summed E-state index contributed by atoms with van der Waals surface area (Å²) in [5.41, 5.74) is 2.35. The van der Waals surface area contributed by atoms with Crippen molar-refractivity contribution >= 4 is 38.4 Å². The zero-order valence-electron chi connectivity index (χ0n) is 14.8. The molecule has 4 rings (SSSR count). The fourth-order valence-corrected chi connectivity index (χ4v) is 4.01. The van der Waals surface area contributed by atoms with Crippen LogP contribution in [0.1, 0.15) is 46.5 Å². The Morgan fingerprint density at radius 2 is 2.04 bits per heavy atom. The summed E-state index contributed by atoms with van der Waals surface area (Å²) in [4.78, 5) is 29.4. The van der Waals surface area contributed by atoms with Gasteiger partial charge < -0.3 is 4.74 Å². The Hall–Kier alpha value is -2.73. The van der Waals surface area contributed by atoms with Crippen molar-refractivity contribution in [3.05, 3.63) is 53.1 Å². The third kappa shape index (κ3) is 3.08. The van der Waals surface area contributed by atoms with E-state index in [9.17, 15) is 9.59 Å². The standard InChI is InChI=1S/C20H18N2O3S/c1-11-4-6-14-17(8-11)26-19(21-14)22-18(24)12-5-7-16-13(9-12)15(23)10-20(2,3)25-16/h4-9H,10H2,1-3H3,(H,21,22,24). The van der Waals surface area contributed by atoms with E-state index in [1.807, 2.05) is 39.0 Å². The molecule has 0 spiro atoms. The molecule has 0 fully saturated rings. The molecule has 1 aromatic heterocycles. The predicted molar refractivity (Wildman–Crippen MR) is 102 cm³/mol. The van der Waals surface area contributed by atoms with Gasteiger partial charge in [0, 0.05) is 5.56 Å². The minimum atomic E-state index is -0.521. The molecule has 0 unspecified atom stereocenters. The number of amides is 1. The van der Waals surface area contributed by atoms with Crippen LogP contribution in [-0.4, -0.2) is 22.3 Å². The summed E-state index contributed by atoms with van der Waals surface area (Å²) in [6.07, 6.45) is 0.294. The van der Waals surface area contributed by atoms with Crippen LogP contribution in [0, 0.1) is 6.92 Å². The van der Waals surface area contributed by atoms with Gasteiger partial charge in [-0.1, -0.05) is 17.4 Å². The lowest BCUT2D eigenvalue weighted by molar-refractivity contribution is 0.0620. The Morgan fingerprint density at radius 1 is 1.23 bits per heavy atom. The SMILES string of the molecule is Cc1ccc2nc(NC(=O)c3ccc4c(c3)C(=O)CC(C)(C)O4)sc2c1. The number of fused-ring (bicyclic) bond motifs is 2. The number of ether oxygens (including phenoxy) is 1. The highest BCUT2D eigenvalue weighted by atomic mass is 32.1. The molecule has 1 N–H and O–H groups in total. The second-order valence-corrected chi connectivity index (χ2v) is 8.15. The molecule has 0 bridgehead atoms. The monoisotopic (exact) mass is 366 g/mol. The van der Waals surface area contributed by atoms with E-state index in [2.05, 4.69) is 10.3 Å². The Kier molecular flexibility index (Phi) is 3.80. The highest BCUT2D eigenvalue weighted by Crippen LogP contribution is 2.34. The van der Waals surface area contributed by atoms with Crippen molar-refractivity contribution in [2.24, 2.45) is 0 Å². The van der Waals surface area contributed by atoms with Crippen molar-refractivity contribution in [3.8, 4) is 5.75 Å². The number of hydrogen-bond donors (Lipinski definition) is 1. The van der Waals surface area contributed by atoms with E-state index in [4.69, 9.17) is 4.74 Å². The van der Waals surface area contributed by atoms with Crippen LogP contribution in [0.2, 0.25) is 0 Å². The lowest BCUT2D eigenvalue weighted by Gasteiger charge is -2.31. The van der Waals surface area contributed by atoms with E-state index in [1.165, 1.54) is 11.3 Å². The molecule has 1 amide bonds. The number of Topliss-reactive ketones (excluding diaryl/α,β-unsaturated/α-hetero) is 1. The first-order chi connectivity index (χ1) is 12.3. The molecule has 26 heavy (non-hydrogen) atoms. The first-order valence-corrected chi connectivity index (χ1v) is 9.17. The van der Waals surface area contributed by atoms with Crippen LogP contribution in [0.3, 0.4) is 0 Å². The van der Waals surface area contributed by atoms with Gasteiger partial charge in [-0.25, -0.2) is 4.98 Å². The molecule has 0 radical (unpaired) electrons. The maximum atomic E-state index is 12.6. The summed E-state index contributed by atoms with van der Waals surface area (Å²) in [6, 6.07) is 10.9. The van der Waals surface area contributed by atoms with Gasteiger partial charge in [0.2, 0.25) is 0 Å². The number of carbonyl (C=O) groups excluding carboxylic acids is 2. The van der Waals surface area contributed by atoms with Crippen LogP contribution >= 0.6 is 11.3 Å². The Labute approximate surface area is 155 Å². The van der Waals surface area contributed by atoms with E-state index in [1.54, 1.807) is 18.2 Å². The van der Waals surface area contributed by atoms with Gasteiger partial charge in [0.25, 0.3) is 5.91 Å².